The van der Waals surface area contributed by atoms with E-state index in [1.54, 1.807) is 6.07 Å². The van der Waals surface area contributed by atoms with E-state index in [0.717, 1.165) is 0 Å². The van der Waals surface area contributed by atoms with Crippen molar-refractivity contribution in [2.24, 2.45) is 0 Å². The van der Waals surface area contributed by atoms with Crippen LogP contribution in [0.1, 0.15) is 6.92 Å². The first-order valence-electron chi connectivity index (χ1n) is 3.83. The standard InChI is InChI=1S/C8H10AsNO4/c1-6(11)10-8-4-2-3-7(5-8)9(12,13)14/h2-5H,1H3,(H,10,11)(H2,12,13,14). The molecule has 0 aliphatic rings. The van der Waals surface area contributed by atoms with E-state index in [1.165, 1.54) is 25.1 Å². The van der Waals surface area contributed by atoms with Crippen molar-refractivity contribution in [1.82, 2.24) is 0 Å². The van der Waals surface area contributed by atoms with Crippen molar-refractivity contribution in [2.75, 3.05) is 5.32 Å². The second-order valence-corrected chi connectivity index (χ2v) is 6.14. The zero-order chi connectivity index (χ0) is 10.8. The molecule has 3 N–H and O–H groups in total. The zero-order valence-corrected chi connectivity index (χ0v) is 9.34. The maximum atomic E-state index is 10.9. The fourth-order valence-corrected chi connectivity index (χ4v) is 2.20. The number of carbonyl (C=O) groups is 1. The Kier molecular flexibility index (Phi) is 3.16. The first-order chi connectivity index (χ1) is 6.39. The summed E-state index contributed by atoms with van der Waals surface area (Å²) in [5.74, 6) is -0.278. The van der Waals surface area contributed by atoms with E-state index in [-0.39, 0.29) is 10.3 Å². The normalized spacial score (nSPS) is 11.1. The van der Waals surface area contributed by atoms with Gasteiger partial charge in [-0.2, -0.15) is 0 Å². The molecule has 0 saturated heterocycles. The predicted molar refractivity (Wildman–Crippen MR) is 51.3 cm³/mol. The maximum absolute atomic E-state index is 10.9. The van der Waals surface area contributed by atoms with Gasteiger partial charge in [-0.3, -0.25) is 0 Å². The van der Waals surface area contributed by atoms with Gasteiger partial charge in [0.1, 0.15) is 0 Å². The Hall–Kier alpha value is -1.03. The average molecular weight is 259 g/mol. The van der Waals surface area contributed by atoms with Crippen molar-refractivity contribution in [3.05, 3.63) is 24.3 Å². The van der Waals surface area contributed by atoms with Gasteiger partial charge < -0.3 is 0 Å². The van der Waals surface area contributed by atoms with Crippen LogP contribution in [0.4, 0.5) is 5.69 Å². The molecule has 0 spiro atoms. The number of anilines is 1. The summed E-state index contributed by atoms with van der Waals surface area (Å²) < 4.78 is 28.7. The van der Waals surface area contributed by atoms with Crippen molar-refractivity contribution in [3.8, 4) is 0 Å². The van der Waals surface area contributed by atoms with Gasteiger partial charge >= 0.3 is 83.3 Å². The Morgan fingerprint density at radius 3 is 2.57 bits per heavy atom. The summed E-state index contributed by atoms with van der Waals surface area (Å²) in [7, 11) is 0. The molecule has 0 saturated carbocycles. The molecule has 0 unspecified atom stereocenters. The summed E-state index contributed by atoms with van der Waals surface area (Å²) >= 11 is -4.85. The second-order valence-electron chi connectivity index (χ2n) is 2.78. The van der Waals surface area contributed by atoms with Gasteiger partial charge in [0.2, 0.25) is 0 Å². The van der Waals surface area contributed by atoms with Crippen LogP contribution in [0.25, 0.3) is 0 Å². The summed E-state index contributed by atoms with van der Waals surface area (Å²) in [6.07, 6.45) is 0. The molecule has 0 bridgehead atoms. The number of hydrogen-bond acceptors (Lipinski definition) is 2. The number of benzene rings is 1. The summed E-state index contributed by atoms with van der Waals surface area (Å²) in [6.45, 7) is 1.33. The molecule has 6 heteroatoms. The van der Waals surface area contributed by atoms with Crippen LogP contribution in [0.5, 0.6) is 0 Å². The zero-order valence-electron chi connectivity index (χ0n) is 7.47. The van der Waals surface area contributed by atoms with Gasteiger partial charge in [-0.15, -0.1) is 0 Å². The van der Waals surface area contributed by atoms with Crippen molar-refractivity contribution >= 4 is 30.1 Å². The van der Waals surface area contributed by atoms with Crippen LogP contribution in [0.2, 0.25) is 0 Å². The van der Waals surface area contributed by atoms with Crippen LogP contribution in [0.15, 0.2) is 24.3 Å². The van der Waals surface area contributed by atoms with Gasteiger partial charge in [-0.25, -0.2) is 0 Å². The van der Waals surface area contributed by atoms with E-state index in [2.05, 4.69) is 5.32 Å². The number of carbonyl (C=O) groups excluding carboxylic acids is 1. The van der Waals surface area contributed by atoms with Crippen LogP contribution in [-0.4, -0.2) is 28.3 Å². The topological polar surface area (TPSA) is 86.6 Å². The third kappa shape index (κ3) is 3.03. The molecule has 1 rings (SSSR count). The van der Waals surface area contributed by atoms with Gasteiger partial charge in [0, 0.05) is 0 Å². The number of hydrogen-bond donors (Lipinski definition) is 3. The van der Waals surface area contributed by atoms with E-state index < -0.39 is 14.2 Å². The van der Waals surface area contributed by atoms with E-state index in [1.807, 2.05) is 0 Å². The molecule has 0 atom stereocenters. The van der Waals surface area contributed by atoms with Crippen molar-refractivity contribution < 1.29 is 16.7 Å². The summed E-state index contributed by atoms with van der Waals surface area (Å²) in [5.41, 5.74) is 0.389. The van der Waals surface area contributed by atoms with Crippen LogP contribution >= 0.6 is 0 Å². The van der Waals surface area contributed by atoms with Gasteiger partial charge in [0.05, 0.1) is 0 Å². The number of rotatable bonds is 2. The second kappa shape index (κ2) is 4.00. The number of amides is 1. The molecule has 0 aromatic heterocycles. The summed E-state index contributed by atoms with van der Waals surface area (Å²) in [4.78, 5) is 10.7. The molecule has 0 aliphatic heterocycles. The average Bonchev–Trinajstić information content (AvgIpc) is 2.01. The van der Waals surface area contributed by atoms with Crippen molar-refractivity contribution in [3.63, 3.8) is 0 Å². The van der Waals surface area contributed by atoms with E-state index >= 15 is 0 Å². The predicted octanol–water partition coefficient (Wildman–Crippen LogP) is -0.794. The first-order valence-corrected chi connectivity index (χ1v) is 7.21. The molecular weight excluding hydrogens is 249 g/mol. The van der Waals surface area contributed by atoms with Crippen LogP contribution in [0.3, 0.4) is 0 Å². The van der Waals surface area contributed by atoms with Gasteiger partial charge in [-0.05, 0) is 0 Å². The van der Waals surface area contributed by atoms with Crippen LogP contribution in [-0.2, 0) is 8.53 Å². The van der Waals surface area contributed by atoms with Crippen LogP contribution in [0, 0.1) is 0 Å². The summed E-state index contributed by atoms with van der Waals surface area (Å²) in [5, 5.41) is 2.44. The Morgan fingerprint density at radius 1 is 1.43 bits per heavy atom. The monoisotopic (exact) mass is 259 g/mol. The van der Waals surface area contributed by atoms with E-state index in [0.29, 0.717) is 5.69 Å². The minimum atomic E-state index is -4.85. The van der Waals surface area contributed by atoms with E-state index in [4.69, 9.17) is 8.19 Å². The van der Waals surface area contributed by atoms with Gasteiger partial charge in [0.15, 0.2) is 0 Å². The Balaban J connectivity index is 3.02. The van der Waals surface area contributed by atoms with Crippen molar-refractivity contribution in [1.29, 1.82) is 0 Å². The molecule has 1 amide bonds. The third-order valence-corrected chi connectivity index (χ3v) is 3.50. The Bertz CT molecular complexity index is 398. The first kappa shape index (κ1) is 11.0. The van der Waals surface area contributed by atoms with Crippen LogP contribution < -0.4 is 9.67 Å². The molecule has 1 aromatic rings. The fourth-order valence-electron chi connectivity index (χ4n) is 0.968. The molecular formula is C8H10AsNO4. The molecule has 1 aromatic carbocycles. The molecule has 0 fully saturated rings. The fraction of sp³-hybridized carbons (Fsp3) is 0.125. The SMILES string of the molecule is CC(=O)Nc1cccc([As](=O)(O)O)c1. The van der Waals surface area contributed by atoms with E-state index in [9.17, 15) is 8.53 Å². The molecule has 14 heavy (non-hydrogen) atoms. The Labute approximate surface area is 83.8 Å². The summed E-state index contributed by atoms with van der Waals surface area (Å²) in [6, 6.07) is 5.67. The molecule has 76 valence electrons. The third-order valence-electron chi connectivity index (χ3n) is 1.50. The quantitative estimate of drug-likeness (QED) is 0.607. The molecule has 0 aliphatic carbocycles. The molecule has 5 nitrogen and oxygen atoms in total. The molecule has 0 heterocycles. The molecule has 0 radical (unpaired) electrons. The number of nitrogens with one attached hydrogen (secondary N) is 1. The Morgan fingerprint density at radius 2 is 2.07 bits per heavy atom. The van der Waals surface area contributed by atoms with Crippen molar-refractivity contribution in [2.45, 2.75) is 6.92 Å². The minimum absolute atomic E-state index is 0.0469. The van der Waals surface area contributed by atoms with Gasteiger partial charge in [0.25, 0.3) is 0 Å². The van der Waals surface area contributed by atoms with Gasteiger partial charge in [-0.1, -0.05) is 0 Å².